The number of thiazole rings is 1. The molecular formula is C14H19N3O5S2. The number of anilines is 1. The van der Waals surface area contributed by atoms with Crippen LogP contribution in [-0.4, -0.2) is 54.5 Å². The van der Waals surface area contributed by atoms with Gasteiger partial charge in [-0.3, -0.25) is 9.59 Å². The fourth-order valence-electron chi connectivity index (χ4n) is 2.40. The molecule has 0 aromatic carbocycles. The number of hydrogen-bond acceptors (Lipinski definition) is 7. The second kappa shape index (κ2) is 6.77. The summed E-state index contributed by atoms with van der Waals surface area (Å²) in [6.45, 7) is 2.50. The summed E-state index contributed by atoms with van der Waals surface area (Å²) in [7, 11) is -3.19. The smallest absolute Gasteiger partial charge is 0.311 e. The van der Waals surface area contributed by atoms with Crippen molar-refractivity contribution in [3.63, 3.8) is 0 Å². The van der Waals surface area contributed by atoms with Gasteiger partial charge in [-0.1, -0.05) is 0 Å². The van der Waals surface area contributed by atoms with E-state index in [2.05, 4.69) is 10.3 Å². The molecule has 1 amide bonds. The molecule has 0 unspecified atom stereocenters. The van der Waals surface area contributed by atoms with Crippen LogP contribution in [0.3, 0.4) is 0 Å². The topological polar surface area (TPSA) is 106 Å². The molecule has 1 aromatic rings. The second-order valence-electron chi connectivity index (χ2n) is 5.87. The Hall–Kier alpha value is -1.52. The predicted molar refractivity (Wildman–Crippen MR) is 88.1 cm³/mol. The standard InChI is InChI=1S/C14H19N3O5S2/c1-2-22-12(18)5-10-8-23-14(15-10)16-13(19)9-6-17(7-9)24(20,21)11-3-4-11/h8-9,11H,2-7H2,1H3,(H,15,16,19). The number of carbonyl (C=O) groups is 2. The van der Waals surface area contributed by atoms with E-state index < -0.39 is 10.0 Å². The van der Waals surface area contributed by atoms with Gasteiger partial charge in [0.15, 0.2) is 5.13 Å². The summed E-state index contributed by atoms with van der Waals surface area (Å²) >= 11 is 1.23. The number of aromatic nitrogens is 1. The molecule has 1 saturated carbocycles. The maximum atomic E-state index is 12.1. The van der Waals surface area contributed by atoms with Crippen molar-refractivity contribution in [3.8, 4) is 0 Å². The first-order valence-electron chi connectivity index (χ1n) is 7.80. The molecule has 0 bridgehead atoms. The van der Waals surface area contributed by atoms with Crippen LogP contribution in [0.15, 0.2) is 5.38 Å². The summed E-state index contributed by atoms with van der Waals surface area (Å²) in [5.74, 6) is -0.953. The maximum absolute atomic E-state index is 12.1. The summed E-state index contributed by atoms with van der Waals surface area (Å²) in [5.41, 5.74) is 0.542. The van der Waals surface area contributed by atoms with Crippen molar-refractivity contribution in [1.29, 1.82) is 0 Å². The zero-order chi connectivity index (χ0) is 17.3. The van der Waals surface area contributed by atoms with Crippen LogP contribution in [-0.2, 0) is 30.8 Å². The summed E-state index contributed by atoms with van der Waals surface area (Å²) < 4.78 is 30.2. The minimum atomic E-state index is -3.19. The third-order valence-corrected chi connectivity index (χ3v) is 7.08. The van der Waals surface area contributed by atoms with Gasteiger partial charge in [0.25, 0.3) is 0 Å². The quantitative estimate of drug-likeness (QED) is 0.702. The number of nitrogens with one attached hydrogen (secondary N) is 1. The molecule has 10 heteroatoms. The highest BCUT2D eigenvalue weighted by atomic mass is 32.2. The van der Waals surface area contributed by atoms with Crippen molar-refractivity contribution in [3.05, 3.63) is 11.1 Å². The number of sulfonamides is 1. The molecule has 1 aliphatic heterocycles. The van der Waals surface area contributed by atoms with Gasteiger partial charge in [-0.05, 0) is 19.8 Å². The number of ether oxygens (including phenoxy) is 1. The highest BCUT2D eigenvalue weighted by Gasteiger charge is 2.47. The van der Waals surface area contributed by atoms with Crippen LogP contribution in [0.4, 0.5) is 5.13 Å². The average molecular weight is 373 g/mol. The molecule has 2 aliphatic rings. The second-order valence-corrected chi connectivity index (χ2v) is 8.94. The fraction of sp³-hybridized carbons (Fsp3) is 0.643. The molecule has 1 aromatic heterocycles. The number of rotatable bonds is 7. The number of hydrogen-bond donors (Lipinski definition) is 1. The van der Waals surface area contributed by atoms with E-state index in [9.17, 15) is 18.0 Å². The summed E-state index contributed by atoms with van der Waals surface area (Å²) in [5, 5.41) is 4.53. The van der Waals surface area contributed by atoms with E-state index in [1.165, 1.54) is 15.6 Å². The maximum Gasteiger partial charge on any atom is 0.311 e. The van der Waals surface area contributed by atoms with Gasteiger partial charge >= 0.3 is 5.97 Å². The largest absolute Gasteiger partial charge is 0.466 e. The van der Waals surface area contributed by atoms with Crippen LogP contribution in [0.5, 0.6) is 0 Å². The number of amides is 1. The molecule has 0 spiro atoms. The normalized spacial score (nSPS) is 18.9. The minimum absolute atomic E-state index is 0.0665. The first-order valence-corrected chi connectivity index (χ1v) is 10.2. The summed E-state index contributed by atoms with van der Waals surface area (Å²) in [4.78, 5) is 27.7. The van der Waals surface area contributed by atoms with Gasteiger partial charge < -0.3 is 10.1 Å². The SMILES string of the molecule is CCOC(=O)Cc1csc(NC(=O)C2CN(S(=O)(=O)C3CC3)C2)n1. The van der Waals surface area contributed by atoms with E-state index in [1.807, 2.05) is 0 Å². The molecule has 2 heterocycles. The van der Waals surface area contributed by atoms with Gasteiger partial charge in [-0.2, -0.15) is 4.31 Å². The van der Waals surface area contributed by atoms with E-state index in [4.69, 9.17) is 4.74 Å². The highest BCUT2D eigenvalue weighted by Crippen LogP contribution is 2.34. The Bertz CT molecular complexity index is 735. The molecule has 1 N–H and O–H groups in total. The van der Waals surface area contributed by atoms with Gasteiger partial charge in [0.2, 0.25) is 15.9 Å². The van der Waals surface area contributed by atoms with Crippen molar-refractivity contribution in [2.45, 2.75) is 31.4 Å². The van der Waals surface area contributed by atoms with Crippen LogP contribution in [0.25, 0.3) is 0 Å². The van der Waals surface area contributed by atoms with E-state index in [0.717, 1.165) is 12.8 Å². The lowest BCUT2D eigenvalue weighted by atomic mass is 10.0. The van der Waals surface area contributed by atoms with Crippen molar-refractivity contribution in [2.24, 2.45) is 5.92 Å². The molecule has 1 aliphatic carbocycles. The average Bonchev–Trinajstić information content (AvgIpc) is 3.21. The van der Waals surface area contributed by atoms with E-state index in [-0.39, 0.29) is 42.6 Å². The summed E-state index contributed by atoms with van der Waals surface area (Å²) in [6.07, 6.45) is 1.51. The number of nitrogens with zero attached hydrogens (tertiary/aromatic N) is 2. The first kappa shape index (κ1) is 17.3. The third-order valence-electron chi connectivity index (χ3n) is 3.94. The lowest BCUT2D eigenvalue weighted by Crippen LogP contribution is -2.55. The Morgan fingerprint density at radius 3 is 2.75 bits per heavy atom. The zero-order valence-electron chi connectivity index (χ0n) is 13.2. The van der Waals surface area contributed by atoms with Gasteiger partial charge in [-0.25, -0.2) is 13.4 Å². The molecule has 132 valence electrons. The van der Waals surface area contributed by atoms with Crippen LogP contribution in [0.2, 0.25) is 0 Å². The molecule has 2 fully saturated rings. The van der Waals surface area contributed by atoms with E-state index >= 15 is 0 Å². The van der Waals surface area contributed by atoms with Crippen LogP contribution < -0.4 is 5.32 Å². The molecular weight excluding hydrogens is 354 g/mol. The lowest BCUT2D eigenvalue weighted by molar-refractivity contribution is -0.142. The Morgan fingerprint density at radius 1 is 1.42 bits per heavy atom. The van der Waals surface area contributed by atoms with E-state index in [1.54, 1.807) is 12.3 Å². The minimum Gasteiger partial charge on any atom is -0.466 e. The molecule has 1 saturated heterocycles. The Balaban J connectivity index is 1.48. The zero-order valence-corrected chi connectivity index (χ0v) is 14.9. The van der Waals surface area contributed by atoms with Crippen molar-refractivity contribution in [1.82, 2.24) is 9.29 Å². The highest BCUT2D eigenvalue weighted by molar-refractivity contribution is 7.90. The monoisotopic (exact) mass is 373 g/mol. The van der Waals surface area contributed by atoms with Gasteiger partial charge in [0.05, 0.1) is 29.9 Å². The van der Waals surface area contributed by atoms with Crippen LogP contribution in [0.1, 0.15) is 25.5 Å². The summed E-state index contributed by atoms with van der Waals surface area (Å²) in [6, 6.07) is 0. The Kier molecular flexibility index (Phi) is 4.88. The Morgan fingerprint density at radius 2 is 2.12 bits per heavy atom. The Labute approximate surface area is 144 Å². The number of esters is 1. The van der Waals surface area contributed by atoms with Crippen LogP contribution >= 0.6 is 11.3 Å². The molecule has 0 radical (unpaired) electrons. The molecule has 0 atom stereocenters. The third kappa shape index (κ3) is 3.76. The van der Waals surface area contributed by atoms with Gasteiger partial charge in [0.1, 0.15) is 0 Å². The lowest BCUT2D eigenvalue weighted by Gasteiger charge is -2.36. The molecule has 8 nitrogen and oxygen atoms in total. The van der Waals surface area contributed by atoms with Gasteiger partial charge in [0, 0.05) is 18.5 Å². The van der Waals surface area contributed by atoms with E-state index in [0.29, 0.717) is 17.4 Å². The van der Waals surface area contributed by atoms with Crippen molar-refractivity contribution in [2.75, 3.05) is 25.0 Å². The number of carbonyl (C=O) groups excluding carboxylic acids is 2. The van der Waals surface area contributed by atoms with Gasteiger partial charge in [-0.15, -0.1) is 11.3 Å². The fourth-order valence-corrected chi connectivity index (χ4v) is 5.04. The molecule has 24 heavy (non-hydrogen) atoms. The predicted octanol–water partition coefficient (Wildman–Crippen LogP) is 0.611. The first-order chi connectivity index (χ1) is 11.4. The van der Waals surface area contributed by atoms with Crippen LogP contribution in [0, 0.1) is 5.92 Å². The van der Waals surface area contributed by atoms with Crippen molar-refractivity contribution >= 4 is 38.4 Å². The molecule has 3 rings (SSSR count). The van der Waals surface area contributed by atoms with Crippen molar-refractivity contribution < 1.29 is 22.7 Å².